The maximum Gasteiger partial charge on any atom is 0.266 e. The van der Waals surface area contributed by atoms with Crippen LogP contribution < -0.4 is 20.3 Å². The number of carbonyl (C=O) groups is 2. The SMILES string of the molecule is Cc1ccc(Cl)cc1N1CCN(CCCNC(=O)CC2Oc3ccccc3NC2=O)CC1. The third-order valence-electron chi connectivity index (χ3n) is 5.93. The highest BCUT2D eigenvalue weighted by molar-refractivity contribution is 6.30. The molecular formula is C24H29ClN4O3. The van der Waals surface area contributed by atoms with Gasteiger partial charge in [-0.15, -0.1) is 0 Å². The number of halogens is 1. The standard InChI is InChI=1S/C24H29ClN4O3/c1-17-7-8-18(25)15-20(17)29-13-11-28(12-14-29)10-4-9-26-23(30)16-22-24(31)27-19-5-2-3-6-21(19)32-22/h2-3,5-8,15,22H,4,9-14,16H2,1H3,(H,26,30)(H,27,31). The van der Waals surface area contributed by atoms with Gasteiger partial charge in [-0.1, -0.05) is 29.8 Å². The Kier molecular flexibility index (Phi) is 7.17. The number of ether oxygens (including phenoxy) is 1. The number of nitrogens with zero attached hydrogens (tertiary/aromatic N) is 2. The minimum Gasteiger partial charge on any atom is -0.478 e. The fourth-order valence-electron chi connectivity index (χ4n) is 4.13. The van der Waals surface area contributed by atoms with Crippen LogP contribution in [0.4, 0.5) is 11.4 Å². The Bertz CT molecular complexity index is 975. The van der Waals surface area contributed by atoms with Gasteiger partial charge in [-0.25, -0.2) is 0 Å². The molecule has 0 radical (unpaired) electrons. The molecule has 1 fully saturated rings. The van der Waals surface area contributed by atoms with Gasteiger partial charge in [-0.05, 0) is 49.7 Å². The van der Waals surface area contributed by atoms with Crippen molar-refractivity contribution in [3.8, 4) is 5.75 Å². The van der Waals surface area contributed by atoms with Crippen LogP contribution in [0.25, 0.3) is 0 Å². The topological polar surface area (TPSA) is 73.9 Å². The number of amides is 2. The number of aryl methyl sites for hydroxylation is 1. The molecule has 7 nitrogen and oxygen atoms in total. The number of rotatable bonds is 7. The van der Waals surface area contributed by atoms with Gasteiger partial charge in [0, 0.05) is 43.4 Å². The van der Waals surface area contributed by atoms with Crippen molar-refractivity contribution in [1.82, 2.24) is 10.2 Å². The minimum absolute atomic E-state index is 0.0117. The summed E-state index contributed by atoms with van der Waals surface area (Å²) in [4.78, 5) is 29.2. The van der Waals surface area contributed by atoms with Crippen molar-refractivity contribution in [2.45, 2.75) is 25.9 Å². The van der Waals surface area contributed by atoms with Crippen molar-refractivity contribution in [3.63, 3.8) is 0 Å². The second-order valence-electron chi connectivity index (χ2n) is 8.26. The molecular weight excluding hydrogens is 428 g/mol. The molecule has 170 valence electrons. The van der Waals surface area contributed by atoms with E-state index in [4.69, 9.17) is 16.3 Å². The monoisotopic (exact) mass is 456 g/mol. The number of hydrogen-bond acceptors (Lipinski definition) is 5. The van der Waals surface area contributed by atoms with Crippen molar-refractivity contribution in [2.75, 3.05) is 49.5 Å². The zero-order valence-electron chi connectivity index (χ0n) is 18.3. The molecule has 2 amide bonds. The van der Waals surface area contributed by atoms with Crippen LogP contribution in [0.15, 0.2) is 42.5 Å². The predicted molar refractivity (Wildman–Crippen MR) is 127 cm³/mol. The lowest BCUT2D eigenvalue weighted by atomic mass is 10.1. The van der Waals surface area contributed by atoms with Gasteiger partial charge in [-0.3, -0.25) is 14.5 Å². The van der Waals surface area contributed by atoms with Gasteiger partial charge in [-0.2, -0.15) is 0 Å². The van der Waals surface area contributed by atoms with Crippen molar-refractivity contribution >= 4 is 34.8 Å². The second-order valence-corrected chi connectivity index (χ2v) is 8.70. The van der Waals surface area contributed by atoms with Crippen LogP contribution in [0.1, 0.15) is 18.4 Å². The summed E-state index contributed by atoms with van der Waals surface area (Å²) in [5.41, 5.74) is 3.09. The zero-order chi connectivity index (χ0) is 22.5. The molecule has 2 aromatic carbocycles. The van der Waals surface area contributed by atoms with E-state index in [0.717, 1.165) is 44.2 Å². The van der Waals surface area contributed by atoms with Crippen LogP contribution in [-0.4, -0.2) is 62.1 Å². The number of benzene rings is 2. The number of fused-ring (bicyclic) bond motifs is 1. The van der Waals surface area contributed by atoms with E-state index >= 15 is 0 Å². The first-order valence-corrected chi connectivity index (χ1v) is 11.4. The zero-order valence-corrected chi connectivity index (χ0v) is 19.0. The Morgan fingerprint density at radius 1 is 1.19 bits per heavy atom. The van der Waals surface area contributed by atoms with Gasteiger partial charge in [0.25, 0.3) is 5.91 Å². The average Bonchev–Trinajstić information content (AvgIpc) is 2.79. The summed E-state index contributed by atoms with van der Waals surface area (Å²) in [5.74, 6) is 0.134. The van der Waals surface area contributed by atoms with E-state index in [-0.39, 0.29) is 18.2 Å². The van der Waals surface area contributed by atoms with Crippen molar-refractivity contribution < 1.29 is 14.3 Å². The van der Waals surface area contributed by atoms with Crippen LogP contribution in [0.5, 0.6) is 5.75 Å². The molecule has 2 aromatic rings. The highest BCUT2D eigenvalue weighted by Crippen LogP contribution is 2.29. The number of para-hydroxylation sites is 2. The summed E-state index contributed by atoms with van der Waals surface area (Å²) < 4.78 is 5.68. The van der Waals surface area contributed by atoms with Crippen LogP contribution in [0, 0.1) is 6.92 Å². The fourth-order valence-corrected chi connectivity index (χ4v) is 4.30. The van der Waals surface area contributed by atoms with Crippen molar-refractivity contribution in [1.29, 1.82) is 0 Å². The first-order valence-electron chi connectivity index (χ1n) is 11.1. The van der Waals surface area contributed by atoms with Gasteiger partial charge in [0.1, 0.15) is 5.75 Å². The highest BCUT2D eigenvalue weighted by Gasteiger charge is 2.29. The second kappa shape index (κ2) is 10.2. The largest absolute Gasteiger partial charge is 0.478 e. The third kappa shape index (κ3) is 5.53. The van der Waals surface area contributed by atoms with Gasteiger partial charge >= 0.3 is 0 Å². The molecule has 2 aliphatic heterocycles. The molecule has 0 aliphatic carbocycles. The molecule has 8 heteroatoms. The number of piperazine rings is 1. The Hall–Kier alpha value is -2.77. The molecule has 0 bridgehead atoms. The minimum atomic E-state index is -0.798. The Morgan fingerprint density at radius 2 is 1.97 bits per heavy atom. The molecule has 2 aliphatic rings. The lowest BCUT2D eigenvalue weighted by Crippen LogP contribution is -2.47. The third-order valence-corrected chi connectivity index (χ3v) is 6.17. The Morgan fingerprint density at radius 3 is 2.78 bits per heavy atom. The van der Waals surface area contributed by atoms with Crippen LogP contribution in [0.2, 0.25) is 5.02 Å². The van der Waals surface area contributed by atoms with E-state index in [1.807, 2.05) is 24.3 Å². The van der Waals surface area contributed by atoms with Crippen LogP contribution in [0.3, 0.4) is 0 Å². The van der Waals surface area contributed by atoms with Gasteiger partial charge in [0.2, 0.25) is 5.91 Å². The molecule has 1 unspecified atom stereocenters. The van der Waals surface area contributed by atoms with E-state index < -0.39 is 6.10 Å². The molecule has 0 spiro atoms. The van der Waals surface area contributed by atoms with Gasteiger partial charge < -0.3 is 20.3 Å². The van der Waals surface area contributed by atoms with E-state index in [1.165, 1.54) is 11.3 Å². The number of nitrogens with one attached hydrogen (secondary N) is 2. The lowest BCUT2D eigenvalue weighted by molar-refractivity contribution is -0.130. The van der Waals surface area contributed by atoms with Gasteiger partial charge in [0.15, 0.2) is 6.10 Å². The van der Waals surface area contributed by atoms with E-state index in [0.29, 0.717) is 18.0 Å². The Balaban J connectivity index is 1.14. The predicted octanol–water partition coefficient (Wildman–Crippen LogP) is 3.07. The van der Waals surface area contributed by atoms with Gasteiger partial charge in [0.05, 0.1) is 12.1 Å². The van der Waals surface area contributed by atoms with Crippen LogP contribution >= 0.6 is 11.6 Å². The molecule has 1 saturated heterocycles. The summed E-state index contributed by atoms with van der Waals surface area (Å²) in [6, 6.07) is 13.3. The first kappa shape index (κ1) is 22.4. The molecule has 4 rings (SSSR count). The molecule has 32 heavy (non-hydrogen) atoms. The summed E-state index contributed by atoms with van der Waals surface area (Å²) in [6.45, 7) is 7.51. The molecule has 0 saturated carbocycles. The fraction of sp³-hybridized carbons (Fsp3) is 0.417. The Labute approximate surface area is 193 Å². The number of anilines is 2. The van der Waals surface area contributed by atoms with Crippen molar-refractivity contribution in [3.05, 3.63) is 53.1 Å². The maximum absolute atomic E-state index is 12.3. The van der Waals surface area contributed by atoms with Crippen LogP contribution in [-0.2, 0) is 9.59 Å². The molecule has 2 N–H and O–H groups in total. The molecule has 1 atom stereocenters. The summed E-state index contributed by atoms with van der Waals surface area (Å²) >= 11 is 6.17. The number of hydrogen-bond donors (Lipinski definition) is 2. The molecule has 0 aromatic heterocycles. The summed E-state index contributed by atoms with van der Waals surface area (Å²) in [6.07, 6.45) is 0.0771. The quantitative estimate of drug-likeness (QED) is 0.626. The van der Waals surface area contributed by atoms with E-state index in [2.05, 4.69) is 33.4 Å². The average molecular weight is 457 g/mol. The van der Waals surface area contributed by atoms with Crippen molar-refractivity contribution in [2.24, 2.45) is 0 Å². The number of carbonyl (C=O) groups excluding carboxylic acids is 2. The normalized spacial score (nSPS) is 18.5. The summed E-state index contributed by atoms with van der Waals surface area (Å²) in [5, 5.41) is 6.46. The smallest absolute Gasteiger partial charge is 0.266 e. The van der Waals surface area contributed by atoms with E-state index in [9.17, 15) is 9.59 Å². The highest BCUT2D eigenvalue weighted by atomic mass is 35.5. The maximum atomic E-state index is 12.3. The lowest BCUT2D eigenvalue weighted by Gasteiger charge is -2.37. The first-order chi connectivity index (χ1) is 15.5. The van der Waals surface area contributed by atoms with E-state index in [1.54, 1.807) is 12.1 Å². The summed E-state index contributed by atoms with van der Waals surface area (Å²) in [7, 11) is 0. The molecule has 2 heterocycles.